The molecule has 2 aromatic carbocycles. The molecule has 0 radical (unpaired) electrons. The third kappa shape index (κ3) is 4.55. The van der Waals surface area contributed by atoms with E-state index in [9.17, 15) is 18.4 Å². The van der Waals surface area contributed by atoms with E-state index >= 15 is 0 Å². The number of amides is 1. The van der Waals surface area contributed by atoms with Gasteiger partial charge in [-0.05, 0) is 61.9 Å². The SMILES string of the molecule is Cc1nc2scc(CC(=O)NCc3ccc(F)cc3)n2c(=O)c1-c1cc(C)n(-c2ccc(F)cc2)n1. The lowest BCUT2D eigenvalue weighted by molar-refractivity contribution is -0.120. The van der Waals surface area contributed by atoms with Gasteiger partial charge in [0.15, 0.2) is 4.96 Å². The number of fused-ring (bicyclic) bond motifs is 1. The number of benzene rings is 2. The Kier molecular flexibility index (Phi) is 6.19. The molecule has 0 aliphatic rings. The number of hydrogen-bond acceptors (Lipinski definition) is 5. The first-order valence-electron chi connectivity index (χ1n) is 11.1. The van der Waals surface area contributed by atoms with E-state index in [1.54, 1.807) is 47.3 Å². The highest BCUT2D eigenvalue weighted by Crippen LogP contribution is 2.23. The normalized spacial score (nSPS) is 11.2. The van der Waals surface area contributed by atoms with Gasteiger partial charge >= 0.3 is 0 Å². The predicted molar refractivity (Wildman–Crippen MR) is 133 cm³/mol. The molecule has 0 saturated heterocycles. The molecule has 0 saturated carbocycles. The fourth-order valence-electron chi connectivity index (χ4n) is 3.99. The minimum absolute atomic E-state index is 0.0195. The number of hydrogen-bond donors (Lipinski definition) is 1. The van der Waals surface area contributed by atoms with Gasteiger partial charge in [-0.1, -0.05) is 12.1 Å². The Labute approximate surface area is 208 Å². The fourth-order valence-corrected chi connectivity index (χ4v) is 4.92. The monoisotopic (exact) mass is 505 g/mol. The van der Waals surface area contributed by atoms with E-state index in [4.69, 9.17) is 0 Å². The molecule has 3 heterocycles. The van der Waals surface area contributed by atoms with Crippen LogP contribution in [0.1, 0.15) is 22.6 Å². The lowest BCUT2D eigenvalue weighted by Crippen LogP contribution is -2.27. The summed E-state index contributed by atoms with van der Waals surface area (Å²) in [7, 11) is 0. The minimum Gasteiger partial charge on any atom is -0.352 e. The maximum absolute atomic E-state index is 13.6. The maximum Gasteiger partial charge on any atom is 0.268 e. The maximum atomic E-state index is 13.6. The largest absolute Gasteiger partial charge is 0.352 e. The second kappa shape index (κ2) is 9.46. The average Bonchev–Trinajstić information content (AvgIpc) is 3.42. The third-order valence-corrected chi connectivity index (χ3v) is 6.65. The summed E-state index contributed by atoms with van der Waals surface area (Å²) in [4.78, 5) is 31.3. The van der Waals surface area contributed by atoms with Crippen LogP contribution in [0.4, 0.5) is 8.78 Å². The van der Waals surface area contributed by atoms with E-state index in [1.807, 2.05) is 6.92 Å². The van der Waals surface area contributed by atoms with Crippen LogP contribution in [0, 0.1) is 25.5 Å². The van der Waals surface area contributed by atoms with Crippen LogP contribution < -0.4 is 10.9 Å². The van der Waals surface area contributed by atoms with Crippen molar-refractivity contribution in [3.63, 3.8) is 0 Å². The highest BCUT2D eigenvalue weighted by Gasteiger charge is 2.20. The summed E-state index contributed by atoms with van der Waals surface area (Å²) in [6.07, 6.45) is -0.0195. The molecule has 0 spiro atoms. The summed E-state index contributed by atoms with van der Waals surface area (Å²) in [6, 6.07) is 13.6. The van der Waals surface area contributed by atoms with Crippen molar-refractivity contribution in [1.29, 1.82) is 0 Å². The van der Waals surface area contributed by atoms with E-state index in [2.05, 4.69) is 15.4 Å². The average molecular weight is 506 g/mol. The number of rotatable bonds is 6. The zero-order valence-electron chi connectivity index (χ0n) is 19.5. The zero-order chi connectivity index (χ0) is 25.4. The van der Waals surface area contributed by atoms with Crippen molar-refractivity contribution >= 4 is 22.2 Å². The first kappa shape index (κ1) is 23.6. The number of nitrogens with zero attached hydrogens (tertiary/aromatic N) is 4. The molecule has 7 nitrogen and oxygen atoms in total. The van der Waals surface area contributed by atoms with Crippen LogP contribution in [0.3, 0.4) is 0 Å². The molecule has 1 amide bonds. The molecule has 1 N–H and O–H groups in total. The van der Waals surface area contributed by atoms with E-state index in [-0.39, 0.29) is 36.1 Å². The Morgan fingerprint density at radius 2 is 1.69 bits per heavy atom. The van der Waals surface area contributed by atoms with Crippen molar-refractivity contribution in [3.05, 3.63) is 105 Å². The van der Waals surface area contributed by atoms with Crippen molar-refractivity contribution in [3.8, 4) is 16.9 Å². The Morgan fingerprint density at radius 3 is 2.39 bits per heavy atom. The number of thiazole rings is 1. The van der Waals surface area contributed by atoms with Crippen molar-refractivity contribution < 1.29 is 13.6 Å². The van der Waals surface area contributed by atoms with Crippen LogP contribution in [-0.2, 0) is 17.8 Å². The van der Waals surface area contributed by atoms with Crippen molar-refractivity contribution in [2.75, 3.05) is 0 Å². The second-order valence-electron chi connectivity index (χ2n) is 8.36. The van der Waals surface area contributed by atoms with Gasteiger partial charge in [-0.3, -0.25) is 14.0 Å². The summed E-state index contributed by atoms with van der Waals surface area (Å²) < 4.78 is 29.5. The molecule has 0 fully saturated rings. The van der Waals surface area contributed by atoms with E-state index in [1.165, 1.54) is 40.0 Å². The van der Waals surface area contributed by atoms with E-state index in [0.29, 0.717) is 33.3 Å². The van der Waals surface area contributed by atoms with Crippen LogP contribution in [0.5, 0.6) is 0 Å². The fraction of sp³-hybridized carbons (Fsp3) is 0.154. The molecule has 182 valence electrons. The summed E-state index contributed by atoms with van der Waals surface area (Å²) in [5, 5.41) is 9.13. The van der Waals surface area contributed by atoms with Gasteiger partial charge in [0.1, 0.15) is 17.3 Å². The highest BCUT2D eigenvalue weighted by atomic mass is 32.1. The van der Waals surface area contributed by atoms with Crippen molar-refractivity contribution in [2.24, 2.45) is 0 Å². The molecule has 0 unspecified atom stereocenters. The quantitative estimate of drug-likeness (QED) is 0.372. The first-order chi connectivity index (χ1) is 17.3. The Balaban J connectivity index is 1.45. The van der Waals surface area contributed by atoms with Gasteiger partial charge in [0, 0.05) is 23.3 Å². The number of carbonyl (C=O) groups excluding carboxylic acids is 1. The molecule has 0 bridgehead atoms. The number of aromatic nitrogens is 4. The number of nitrogens with one attached hydrogen (secondary N) is 1. The molecule has 3 aromatic heterocycles. The topological polar surface area (TPSA) is 81.3 Å². The number of aryl methyl sites for hydroxylation is 2. The molecule has 0 aliphatic heterocycles. The highest BCUT2D eigenvalue weighted by molar-refractivity contribution is 7.15. The van der Waals surface area contributed by atoms with Gasteiger partial charge in [0.05, 0.1) is 23.4 Å². The third-order valence-electron chi connectivity index (χ3n) is 5.78. The van der Waals surface area contributed by atoms with Gasteiger partial charge in [-0.15, -0.1) is 11.3 Å². The number of halogens is 2. The van der Waals surface area contributed by atoms with Crippen LogP contribution in [-0.4, -0.2) is 25.1 Å². The summed E-state index contributed by atoms with van der Waals surface area (Å²) >= 11 is 1.28. The smallest absolute Gasteiger partial charge is 0.268 e. The summed E-state index contributed by atoms with van der Waals surface area (Å²) in [5.74, 6) is -0.964. The zero-order valence-corrected chi connectivity index (χ0v) is 20.3. The lowest BCUT2D eigenvalue weighted by Gasteiger charge is -2.07. The molecular formula is C26H21F2N5O2S. The van der Waals surface area contributed by atoms with Gasteiger partial charge in [-0.2, -0.15) is 5.10 Å². The van der Waals surface area contributed by atoms with Crippen molar-refractivity contribution in [1.82, 2.24) is 24.5 Å². The van der Waals surface area contributed by atoms with Crippen LogP contribution >= 0.6 is 11.3 Å². The number of carbonyl (C=O) groups is 1. The van der Waals surface area contributed by atoms with E-state index < -0.39 is 0 Å². The van der Waals surface area contributed by atoms with Crippen LogP contribution in [0.25, 0.3) is 21.9 Å². The Hall–Kier alpha value is -4.18. The van der Waals surface area contributed by atoms with Gasteiger partial charge in [0.2, 0.25) is 5.91 Å². The molecule has 0 atom stereocenters. The molecule has 10 heteroatoms. The molecule has 0 aliphatic carbocycles. The first-order valence-corrected chi connectivity index (χ1v) is 12.0. The van der Waals surface area contributed by atoms with E-state index in [0.717, 1.165) is 11.3 Å². The summed E-state index contributed by atoms with van der Waals surface area (Å²) in [5.41, 5.74) is 3.71. The molecule has 36 heavy (non-hydrogen) atoms. The minimum atomic E-state index is -0.348. The van der Waals surface area contributed by atoms with Gasteiger partial charge in [0.25, 0.3) is 5.56 Å². The Bertz CT molecular complexity index is 1640. The predicted octanol–water partition coefficient (Wildman–Crippen LogP) is 4.36. The Morgan fingerprint density at radius 1 is 1.03 bits per heavy atom. The van der Waals surface area contributed by atoms with Crippen LogP contribution in [0.15, 0.2) is 64.8 Å². The lowest BCUT2D eigenvalue weighted by atomic mass is 10.1. The van der Waals surface area contributed by atoms with Gasteiger partial charge in [-0.25, -0.2) is 18.4 Å². The molecule has 5 aromatic rings. The second-order valence-corrected chi connectivity index (χ2v) is 9.20. The molecular weight excluding hydrogens is 484 g/mol. The standard InChI is InChI=1S/C26H21F2N5O2S/c1-15-11-22(31-33(15)20-9-7-19(28)8-10-20)24-16(2)30-26-32(25(24)35)21(14-36-26)12-23(34)29-13-17-3-5-18(27)6-4-17/h3-11,14H,12-13H2,1-2H3,(H,29,34). The van der Waals surface area contributed by atoms with Gasteiger partial charge < -0.3 is 5.32 Å². The van der Waals surface area contributed by atoms with Crippen LogP contribution in [0.2, 0.25) is 0 Å². The molecule has 5 rings (SSSR count). The van der Waals surface area contributed by atoms with Crippen molar-refractivity contribution in [2.45, 2.75) is 26.8 Å². The summed E-state index contributed by atoms with van der Waals surface area (Å²) in [6.45, 7) is 3.84.